The molecule has 0 saturated carbocycles. The molecule has 1 atom stereocenters. The van der Waals surface area contributed by atoms with Crippen molar-refractivity contribution in [3.8, 4) is 0 Å². The van der Waals surface area contributed by atoms with Crippen LogP contribution in [0.1, 0.15) is 110 Å². The molecule has 0 aliphatic carbocycles. The Bertz CT molecular complexity index is 413. The van der Waals surface area contributed by atoms with Gasteiger partial charge < -0.3 is 4.48 Å². The Morgan fingerprint density at radius 3 is 1.54 bits per heavy atom. The molecule has 0 aliphatic rings. The second kappa shape index (κ2) is 14.3. The molecule has 150 valence electrons. The van der Waals surface area contributed by atoms with Crippen LogP contribution < -0.4 is 0 Å². The summed E-state index contributed by atoms with van der Waals surface area (Å²) in [5.74, 6) is 0. The smallest absolute Gasteiger partial charge is 0.115 e. The third-order valence-electron chi connectivity index (χ3n) is 6.57. The Balaban J connectivity index is 2.41. The van der Waals surface area contributed by atoms with Crippen LogP contribution in [-0.4, -0.2) is 24.1 Å². The minimum atomic E-state index is 0.672. The predicted molar refractivity (Wildman–Crippen MR) is 118 cm³/mol. The molecule has 0 fully saturated rings. The molecule has 26 heavy (non-hydrogen) atoms. The summed E-state index contributed by atoms with van der Waals surface area (Å²) in [7, 11) is 0. The average molecular weight is 361 g/mol. The molecule has 1 aromatic rings. The predicted octanol–water partition coefficient (Wildman–Crippen LogP) is 7.92. The molecule has 0 saturated heterocycles. The van der Waals surface area contributed by atoms with Gasteiger partial charge in [-0.1, -0.05) is 95.0 Å². The largest absolute Gasteiger partial charge is 0.318 e. The fourth-order valence-electron chi connectivity index (χ4n) is 4.59. The zero-order valence-electron chi connectivity index (χ0n) is 18.3. The lowest BCUT2D eigenvalue weighted by Gasteiger charge is -2.43. The van der Waals surface area contributed by atoms with E-state index in [1.54, 1.807) is 5.56 Å². The van der Waals surface area contributed by atoms with Crippen LogP contribution in [-0.2, 0) is 0 Å². The van der Waals surface area contributed by atoms with Crippen molar-refractivity contribution >= 4 is 0 Å². The van der Waals surface area contributed by atoms with Gasteiger partial charge in [-0.15, -0.1) is 0 Å². The molecule has 1 aromatic carbocycles. The zero-order chi connectivity index (χ0) is 19.1. The Kier molecular flexibility index (Phi) is 12.7. The number of nitrogens with zero attached hydrogens (tertiary/aromatic N) is 1. The minimum absolute atomic E-state index is 0.672. The molecule has 0 bridgehead atoms. The Labute approximate surface area is 164 Å². The van der Waals surface area contributed by atoms with Crippen molar-refractivity contribution < 1.29 is 4.48 Å². The summed E-state index contributed by atoms with van der Waals surface area (Å²) < 4.78 is 1.24. The van der Waals surface area contributed by atoms with Crippen molar-refractivity contribution in [1.29, 1.82) is 0 Å². The summed E-state index contributed by atoms with van der Waals surface area (Å²) in [4.78, 5) is 0. The molecule has 1 unspecified atom stereocenters. The molecule has 0 aliphatic heterocycles. The number of quaternary nitrogens is 1. The molecule has 0 amide bonds. The van der Waals surface area contributed by atoms with Gasteiger partial charge in [0.25, 0.3) is 0 Å². The third kappa shape index (κ3) is 7.82. The van der Waals surface area contributed by atoms with Gasteiger partial charge in [0.05, 0.1) is 19.6 Å². The first-order chi connectivity index (χ1) is 12.7. The molecule has 0 radical (unpaired) electrons. The molecule has 0 spiro atoms. The maximum absolute atomic E-state index is 2.38. The summed E-state index contributed by atoms with van der Waals surface area (Å²) in [5, 5.41) is 0. The van der Waals surface area contributed by atoms with Crippen LogP contribution >= 0.6 is 0 Å². The number of hydrogen-bond acceptors (Lipinski definition) is 0. The highest BCUT2D eigenvalue weighted by atomic mass is 15.4. The lowest BCUT2D eigenvalue weighted by molar-refractivity contribution is -0.953. The summed E-state index contributed by atoms with van der Waals surface area (Å²) in [6, 6.07) is 12.0. The van der Waals surface area contributed by atoms with Gasteiger partial charge in [0.2, 0.25) is 0 Å². The number of rotatable bonds is 16. The normalized spacial score (nSPS) is 13.1. The lowest BCUT2D eigenvalue weighted by Crippen LogP contribution is -2.50. The van der Waals surface area contributed by atoms with Gasteiger partial charge in [-0.3, -0.25) is 0 Å². The van der Waals surface area contributed by atoms with E-state index in [0.29, 0.717) is 6.04 Å². The summed E-state index contributed by atoms with van der Waals surface area (Å²) >= 11 is 0. The fraction of sp³-hybridized carbons (Fsp3) is 0.760. The monoisotopic (exact) mass is 360 g/mol. The fourth-order valence-corrected chi connectivity index (χ4v) is 4.59. The van der Waals surface area contributed by atoms with Crippen molar-refractivity contribution in [1.82, 2.24) is 0 Å². The second-order valence-corrected chi connectivity index (χ2v) is 8.06. The standard InChI is InChI=1S/C25H46N/c1-5-9-10-11-12-13-14-15-16-20-23-25(24-21-18-17-19-22-24)26(6-2,7-3)8-4/h17-19,21-22,25H,5-16,20,23H2,1-4H3/q+1. The van der Waals surface area contributed by atoms with E-state index < -0.39 is 0 Å². The van der Waals surface area contributed by atoms with E-state index in [2.05, 4.69) is 58.0 Å². The van der Waals surface area contributed by atoms with Gasteiger partial charge in [-0.2, -0.15) is 0 Å². The molecular formula is C25H46N+. The van der Waals surface area contributed by atoms with Gasteiger partial charge in [0, 0.05) is 12.0 Å². The zero-order valence-corrected chi connectivity index (χ0v) is 18.3. The van der Waals surface area contributed by atoms with Crippen LogP contribution in [0.25, 0.3) is 0 Å². The maximum atomic E-state index is 2.38. The Hall–Kier alpha value is -0.820. The van der Waals surface area contributed by atoms with E-state index in [4.69, 9.17) is 0 Å². The van der Waals surface area contributed by atoms with Crippen LogP contribution in [0, 0.1) is 0 Å². The molecular weight excluding hydrogens is 314 g/mol. The van der Waals surface area contributed by atoms with E-state index in [0.717, 1.165) is 0 Å². The first kappa shape index (κ1) is 23.2. The molecule has 0 heterocycles. The van der Waals surface area contributed by atoms with E-state index in [1.165, 1.54) is 94.7 Å². The minimum Gasteiger partial charge on any atom is -0.318 e. The van der Waals surface area contributed by atoms with Crippen molar-refractivity contribution in [3.63, 3.8) is 0 Å². The number of unbranched alkanes of at least 4 members (excludes halogenated alkanes) is 9. The first-order valence-corrected chi connectivity index (χ1v) is 11.6. The molecule has 1 nitrogen and oxygen atoms in total. The van der Waals surface area contributed by atoms with Crippen LogP contribution in [0.15, 0.2) is 30.3 Å². The van der Waals surface area contributed by atoms with E-state index in [9.17, 15) is 0 Å². The van der Waals surface area contributed by atoms with Gasteiger partial charge in [-0.25, -0.2) is 0 Å². The average Bonchev–Trinajstić information content (AvgIpc) is 2.70. The van der Waals surface area contributed by atoms with Crippen LogP contribution in [0.4, 0.5) is 0 Å². The maximum Gasteiger partial charge on any atom is 0.115 e. The summed E-state index contributed by atoms with van der Waals surface area (Å²) in [6.45, 7) is 13.1. The summed E-state index contributed by atoms with van der Waals surface area (Å²) in [6.07, 6.45) is 15.6. The highest BCUT2D eigenvalue weighted by Gasteiger charge is 2.32. The van der Waals surface area contributed by atoms with E-state index in [1.807, 2.05) is 0 Å². The van der Waals surface area contributed by atoms with Crippen molar-refractivity contribution in [2.75, 3.05) is 19.6 Å². The van der Waals surface area contributed by atoms with Crippen LogP contribution in [0.2, 0.25) is 0 Å². The van der Waals surface area contributed by atoms with Crippen LogP contribution in [0.5, 0.6) is 0 Å². The van der Waals surface area contributed by atoms with Gasteiger partial charge in [0.15, 0.2) is 0 Å². The topological polar surface area (TPSA) is 0 Å². The van der Waals surface area contributed by atoms with Gasteiger partial charge >= 0.3 is 0 Å². The highest BCUT2D eigenvalue weighted by molar-refractivity contribution is 5.17. The van der Waals surface area contributed by atoms with E-state index >= 15 is 0 Å². The first-order valence-electron chi connectivity index (χ1n) is 11.6. The molecule has 1 heteroatoms. The lowest BCUT2D eigenvalue weighted by atomic mass is 9.95. The Morgan fingerprint density at radius 2 is 1.08 bits per heavy atom. The van der Waals surface area contributed by atoms with Crippen molar-refractivity contribution in [2.45, 2.75) is 104 Å². The number of hydrogen-bond donors (Lipinski definition) is 0. The van der Waals surface area contributed by atoms with Crippen molar-refractivity contribution in [2.24, 2.45) is 0 Å². The van der Waals surface area contributed by atoms with E-state index in [-0.39, 0.29) is 0 Å². The van der Waals surface area contributed by atoms with Crippen molar-refractivity contribution in [3.05, 3.63) is 35.9 Å². The molecule has 0 aromatic heterocycles. The summed E-state index contributed by atoms with van der Waals surface area (Å²) in [5.41, 5.74) is 1.55. The number of benzene rings is 1. The molecule has 1 rings (SSSR count). The third-order valence-corrected chi connectivity index (χ3v) is 6.57. The Morgan fingerprint density at radius 1 is 0.615 bits per heavy atom. The quantitative estimate of drug-likeness (QED) is 0.207. The SMILES string of the molecule is CCCCCCCCCCCCC(c1ccccc1)[N+](CC)(CC)CC. The van der Waals surface area contributed by atoms with Crippen LogP contribution in [0.3, 0.4) is 0 Å². The van der Waals surface area contributed by atoms with Gasteiger partial charge in [0.1, 0.15) is 6.04 Å². The highest BCUT2D eigenvalue weighted by Crippen LogP contribution is 2.33. The second-order valence-electron chi connectivity index (χ2n) is 8.06. The van der Waals surface area contributed by atoms with Gasteiger partial charge in [-0.05, 0) is 27.2 Å². The molecule has 0 N–H and O–H groups in total.